The number of halogens is 3. The van der Waals surface area contributed by atoms with E-state index in [1.165, 1.54) is 24.5 Å². The summed E-state index contributed by atoms with van der Waals surface area (Å²) in [5.41, 5.74) is 0.726. The Balaban J connectivity index is 1.92. The van der Waals surface area contributed by atoms with E-state index in [0.717, 1.165) is 4.90 Å². The number of para-hydroxylation sites is 1. The summed E-state index contributed by atoms with van der Waals surface area (Å²) in [7, 11) is 0. The molecule has 3 rings (SSSR count). The number of hydrogen-bond acceptors (Lipinski definition) is 3. The van der Waals surface area contributed by atoms with E-state index in [0.29, 0.717) is 11.4 Å². The standard InChI is InChI=1S/C16H13F3N2O2/c17-16(18,19)10-21-14(8-7-11-4-3-9-23-11)20-13-6-2-1-5-12(13)15(21)22/h1-9,14,20H,10H2/b8-7-/t14-/m0/s1. The largest absolute Gasteiger partial charge is 0.465 e. The molecule has 4 nitrogen and oxygen atoms in total. The molecular weight excluding hydrogens is 309 g/mol. The van der Waals surface area contributed by atoms with Gasteiger partial charge >= 0.3 is 6.18 Å². The second-order valence-electron chi connectivity index (χ2n) is 5.06. The summed E-state index contributed by atoms with van der Waals surface area (Å²) < 4.78 is 43.6. The quantitative estimate of drug-likeness (QED) is 0.936. The first-order chi connectivity index (χ1) is 10.9. The first kappa shape index (κ1) is 15.2. The second-order valence-corrected chi connectivity index (χ2v) is 5.06. The molecule has 2 aromatic rings. The van der Waals surface area contributed by atoms with Crippen LogP contribution in [0.1, 0.15) is 16.1 Å². The predicted molar refractivity (Wildman–Crippen MR) is 78.7 cm³/mol. The summed E-state index contributed by atoms with van der Waals surface area (Å²) in [4.78, 5) is 13.1. The summed E-state index contributed by atoms with van der Waals surface area (Å²) in [5, 5.41) is 2.94. The highest BCUT2D eigenvalue weighted by atomic mass is 19.4. The van der Waals surface area contributed by atoms with Gasteiger partial charge in [0.15, 0.2) is 0 Å². The van der Waals surface area contributed by atoms with Crippen LogP contribution in [0, 0.1) is 0 Å². The van der Waals surface area contributed by atoms with E-state index in [9.17, 15) is 18.0 Å². The number of nitrogens with zero attached hydrogens (tertiary/aromatic N) is 1. The molecule has 1 atom stereocenters. The van der Waals surface area contributed by atoms with Gasteiger partial charge in [0.05, 0.1) is 11.8 Å². The van der Waals surface area contributed by atoms with Gasteiger partial charge in [-0.3, -0.25) is 4.79 Å². The molecule has 23 heavy (non-hydrogen) atoms. The van der Waals surface area contributed by atoms with E-state index in [2.05, 4.69) is 5.32 Å². The lowest BCUT2D eigenvalue weighted by Gasteiger charge is -2.36. The average molecular weight is 322 g/mol. The maximum Gasteiger partial charge on any atom is 0.406 e. The summed E-state index contributed by atoms with van der Waals surface area (Å²) in [6, 6.07) is 9.83. The summed E-state index contributed by atoms with van der Waals surface area (Å²) in [6.07, 6.45) is -0.938. The highest BCUT2D eigenvalue weighted by Gasteiger charge is 2.39. The third-order valence-corrected chi connectivity index (χ3v) is 3.39. The Morgan fingerprint density at radius 2 is 2.00 bits per heavy atom. The molecule has 0 bridgehead atoms. The first-order valence-electron chi connectivity index (χ1n) is 6.89. The van der Waals surface area contributed by atoms with Crippen molar-refractivity contribution in [2.45, 2.75) is 12.3 Å². The van der Waals surface area contributed by atoms with Crippen LogP contribution in [0.15, 0.2) is 53.2 Å². The van der Waals surface area contributed by atoms with Crippen LogP contribution < -0.4 is 5.32 Å². The van der Waals surface area contributed by atoms with Gasteiger partial charge in [0.25, 0.3) is 5.91 Å². The van der Waals surface area contributed by atoms with Crippen molar-refractivity contribution in [1.29, 1.82) is 0 Å². The van der Waals surface area contributed by atoms with Gasteiger partial charge in [-0.05, 0) is 36.4 Å². The van der Waals surface area contributed by atoms with Gasteiger partial charge in [0, 0.05) is 5.69 Å². The smallest absolute Gasteiger partial charge is 0.406 e. The lowest BCUT2D eigenvalue weighted by molar-refractivity contribution is -0.142. The molecule has 120 valence electrons. The SMILES string of the molecule is O=C1c2ccccc2N[C@H](/C=C\c2ccco2)N1CC(F)(F)F. The van der Waals surface area contributed by atoms with Gasteiger partial charge in [-0.15, -0.1) is 0 Å². The van der Waals surface area contributed by atoms with Crippen molar-refractivity contribution in [3.8, 4) is 0 Å². The van der Waals surface area contributed by atoms with Crippen molar-refractivity contribution in [3.63, 3.8) is 0 Å². The highest BCUT2D eigenvalue weighted by Crippen LogP contribution is 2.28. The lowest BCUT2D eigenvalue weighted by Crippen LogP contribution is -2.51. The van der Waals surface area contributed by atoms with Gasteiger partial charge < -0.3 is 14.6 Å². The molecule has 0 saturated carbocycles. The molecule has 0 saturated heterocycles. The Morgan fingerprint density at radius 3 is 2.70 bits per heavy atom. The van der Waals surface area contributed by atoms with Crippen molar-refractivity contribution in [1.82, 2.24) is 4.90 Å². The number of alkyl halides is 3. The van der Waals surface area contributed by atoms with Crippen molar-refractivity contribution in [3.05, 3.63) is 60.1 Å². The molecule has 0 spiro atoms. The maximum atomic E-state index is 12.8. The van der Waals surface area contributed by atoms with E-state index in [1.807, 2.05) is 0 Å². The molecular formula is C16H13F3N2O2. The van der Waals surface area contributed by atoms with Gasteiger partial charge in [0.1, 0.15) is 18.5 Å². The molecule has 0 aliphatic carbocycles. The Hall–Kier alpha value is -2.70. The molecule has 0 unspecified atom stereocenters. The molecule has 1 aliphatic rings. The third-order valence-electron chi connectivity index (χ3n) is 3.39. The molecule has 1 aromatic carbocycles. The van der Waals surface area contributed by atoms with E-state index in [1.54, 1.807) is 30.3 Å². The van der Waals surface area contributed by atoms with Gasteiger partial charge in [-0.1, -0.05) is 12.1 Å². The molecule has 1 aromatic heterocycles. The van der Waals surface area contributed by atoms with E-state index < -0.39 is 24.8 Å². The Morgan fingerprint density at radius 1 is 1.22 bits per heavy atom. The van der Waals surface area contributed by atoms with Crippen LogP contribution in [0.5, 0.6) is 0 Å². The number of amides is 1. The molecule has 0 fully saturated rings. The number of fused-ring (bicyclic) bond motifs is 1. The van der Waals surface area contributed by atoms with Crippen LogP contribution >= 0.6 is 0 Å². The molecule has 1 aliphatic heterocycles. The van der Waals surface area contributed by atoms with E-state index in [4.69, 9.17) is 4.42 Å². The zero-order chi connectivity index (χ0) is 16.4. The summed E-state index contributed by atoms with van der Waals surface area (Å²) in [6.45, 7) is -1.33. The number of nitrogens with one attached hydrogen (secondary N) is 1. The highest BCUT2D eigenvalue weighted by molar-refractivity contribution is 6.01. The summed E-state index contributed by atoms with van der Waals surface area (Å²) in [5.74, 6) is -0.171. The topological polar surface area (TPSA) is 45.5 Å². The van der Waals surface area contributed by atoms with Crippen LogP contribution in [-0.4, -0.2) is 29.7 Å². The number of furan rings is 1. The Bertz CT molecular complexity index is 723. The zero-order valence-electron chi connectivity index (χ0n) is 11.9. The van der Waals surface area contributed by atoms with Crippen LogP contribution in [0.25, 0.3) is 6.08 Å². The monoisotopic (exact) mass is 322 g/mol. The zero-order valence-corrected chi connectivity index (χ0v) is 11.9. The van der Waals surface area contributed by atoms with E-state index in [-0.39, 0.29) is 5.56 Å². The van der Waals surface area contributed by atoms with Gasteiger partial charge in [0.2, 0.25) is 0 Å². The molecule has 7 heteroatoms. The van der Waals surface area contributed by atoms with E-state index >= 15 is 0 Å². The van der Waals surface area contributed by atoms with Crippen molar-refractivity contribution < 1.29 is 22.4 Å². The van der Waals surface area contributed by atoms with Crippen LogP contribution in [-0.2, 0) is 0 Å². The fraction of sp³-hybridized carbons (Fsp3) is 0.188. The van der Waals surface area contributed by atoms with Gasteiger partial charge in [-0.25, -0.2) is 0 Å². The minimum Gasteiger partial charge on any atom is -0.465 e. The molecule has 1 amide bonds. The molecule has 2 heterocycles. The number of benzene rings is 1. The average Bonchev–Trinajstić information content (AvgIpc) is 3.01. The number of anilines is 1. The summed E-state index contributed by atoms with van der Waals surface area (Å²) >= 11 is 0. The minimum atomic E-state index is -4.49. The normalized spacial score (nSPS) is 18.1. The van der Waals surface area contributed by atoms with Crippen molar-refractivity contribution in [2.75, 3.05) is 11.9 Å². The number of carbonyl (C=O) groups excluding carboxylic acids is 1. The Labute approximate surface area is 130 Å². The fourth-order valence-corrected chi connectivity index (χ4v) is 2.40. The first-order valence-corrected chi connectivity index (χ1v) is 6.89. The molecule has 0 radical (unpaired) electrons. The third kappa shape index (κ3) is 3.39. The number of hydrogen-bond donors (Lipinski definition) is 1. The molecule has 1 N–H and O–H groups in total. The lowest BCUT2D eigenvalue weighted by atomic mass is 10.1. The second kappa shape index (κ2) is 5.83. The van der Waals surface area contributed by atoms with Crippen LogP contribution in [0.2, 0.25) is 0 Å². The van der Waals surface area contributed by atoms with Crippen molar-refractivity contribution >= 4 is 17.7 Å². The fourth-order valence-electron chi connectivity index (χ4n) is 2.40. The van der Waals surface area contributed by atoms with Crippen LogP contribution in [0.4, 0.5) is 18.9 Å². The van der Waals surface area contributed by atoms with Gasteiger partial charge in [-0.2, -0.15) is 13.2 Å². The Kier molecular flexibility index (Phi) is 3.85. The minimum absolute atomic E-state index is 0.222. The predicted octanol–water partition coefficient (Wildman–Crippen LogP) is 3.75. The number of carbonyl (C=O) groups is 1. The van der Waals surface area contributed by atoms with Crippen LogP contribution in [0.3, 0.4) is 0 Å². The maximum absolute atomic E-state index is 12.8. The number of rotatable bonds is 3. The van der Waals surface area contributed by atoms with Crippen molar-refractivity contribution in [2.24, 2.45) is 0 Å².